The SMILES string of the molecule is CN(C(=O)CN1CCC(c2ccccc2)NC1=O)C1CC(O)C1. The van der Waals surface area contributed by atoms with Crippen LogP contribution in [0.4, 0.5) is 4.79 Å². The van der Waals surface area contributed by atoms with Crippen molar-refractivity contribution >= 4 is 11.9 Å². The standard InChI is InChI=1S/C17H23N3O3/c1-19(13-9-14(21)10-13)16(22)11-20-8-7-15(18-17(20)23)12-5-3-2-4-6-12/h2-6,13-15,21H,7-11H2,1H3,(H,18,23). The van der Waals surface area contributed by atoms with Gasteiger partial charge in [-0.2, -0.15) is 0 Å². The highest BCUT2D eigenvalue weighted by Gasteiger charge is 2.34. The van der Waals surface area contributed by atoms with Crippen molar-refractivity contribution in [3.8, 4) is 0 Å². The van der Waals surface area contributed by atoms with Gasteiger partial charge in [-0.15, -0.1) is 0 Å². The van der Waals surface area contributed by atoms with E-state index in [0.717, 1.165) is 12.0 Å². The van der Waals surface area contributed by atoms with Crippen molar-refractivity contribution in [2.45, 2.75) is 37.5 Å². The molecule has 0 aromatic heterocycles. The average Bonchev–Trinajstić information content (AvgIpc) is 2.54. The summed E-state index contributed by atoms with van der Waals surface area (Å²) >= 11 is 0. The zero-order chi connectivity index (χ0) is 16.4. The molecule has 2 aliphatic rings. The number of nitrogens with one attached hydrogen (secondary N) is 1. The summed E-state index contributed by atoms with van der Waals surface area (Å²) in [7, 11) is 1.74. The van der Waals surface area contributed by atoms with Gasteiger partial charge >= 0.3 is 6.03 Å². The van der Waals surface area contributed by atoms with E-state index in [1.54, 1.807) is 16.8 Å². The average molecular weight is 317 g/mol. The molecule has 1 atom stereocenters. The molecule has 1 aromatic rings. The topological polar surface area (TPSA) is 72.9 Å². The highest BCUT2D eigenvalue weighted by Crippen LogP contribution is 2.25. The van der Waals surface area contributed by atoms with Crippen LogP contribution >= 0.6 is 0 Å². The highest BCUT2D eigenvalue weighted by molar-refractivity contribution is 5.84. The maximum Gasteiger partial charge on any atom is 0.318 e. The van der Waals surface area contributed by atoms with Gasteiger partial charge in [-0.1, -0.05) is 30.3 Å². The summed E-state index contributed by atoms with van der Waals surface area (Å²) in [4.78, 5) is 27.7. The molecule has 0 bridgehead atoms. The lowest BCUT2D eigenvalue weighted by Crippen LogP contribution is -2.54. The Morgan fingerprint density at radius 1 is 1.35 bits per heavy atom. The third-order valence-electron chi connectivity index (χ3n) is 4.83. The van der Waals surface area contributed by atoms with Crippen molar-refractivity contribution in [3.63, 3.8) is 0 Å². The summed E-state index contributed by atoms with van der Waals surface area (Å²) in [5.74, 6) is -0.0739. The number of nitrogens with zero attached hydrogens (tertiary/aromatic N) is 2. The zero-order valence-corrected chi connectivity index (χ0v) is 13.3. The summed E-state index contributed by atoms with van der Waals surface area (Å²) in [6.45, 7) is 0.661. The third-order valence-corrected chi connectivity index (χ3v) is 4.83. The Balaban J connectivity index is 1.52. The minimum atomic E-state index is -0.292. The van der Waals surface area contributed by atoms with Crippen molar-refractivity contribution in [1.29, 1.82) is 0 Å². The van der Waals surface area contributed by atoms with E-state index in [4.69, 9.17) is 0 Å². The fourth-order valence-corrected chi connectivity index (χ4v) is 3.14. The zero-order valence-electron chi connectivity index (χ0n) is 13.3. The van der Waals surface area contributed by atoms with E-state index in [0.29, 0.717) is 19.4 Å². The second kappa shape index (κ2) is 6.58. The number of aliphatic hydroxyl groups is 1. The number of aliphatic hydroxyl groups excluding tert-OH is 1. The predicted octanol–water partition coefficient (Wildman–Crippen LogP) is 1.12. The molecule has 1 saturated heterocycles. The quantitative estimate of drug-likeness (QED) is 0.874. The van der Waals surface area contributed by atoms with E-state index < -0.39 is 0 Å². The van der Waals surface area contributed by atoms with Gasteiger partial charge in [0.1, 0.15) is 6.54 Å². The predicted molar refractivity (Wildman–Crippen MR) is 85.7 cm³/mol. The lowest BCUT2D eigenvalue weighted by Gasteiger charge is -2.40. The van der Waals surface area contributed by atoms with Crippen LogP contribution in [0.5, 0.6) is 0 Å². The normalized spacial score (nSPS) is 27.1. The van der Waals surface area contributed by atoms with E-state index in [2.05, 4.69) is 5.32 Å². The number of hydrogen-bond donors (Lipinski definition) is 2. The van der Waals surface area contributed by atoms with E-state index in [9.17, 15) is 14.7 Å². The molecule has 0 spiro atoms. The summed E-state index contributed by atoms with van der Waals surface area (Å²) in [6, 6.07) is 9.78. The molecular formula is C17H23N3O3. The van der Waals surface area contributed by atoms with Crippen LogP contribution in [0.15, 0.2) is 30.3 Å². The monoisotopic (exact) mass is 317 g/mol. The van der Waals surface area contributed by atoms with Gasteiger partial charge < -0.3 is 20.2 Å². The van der Waals surface area contributed by atoms with Crippen LogP contribution < -0.4 is 5.32 Å². The Morgan fingerprint density at radius 2 is 2.04 bits per heavy atom. The first-order valence-corrected chi connectivity index (χ1v) is 8.08. The number of carbonyl (C=O) groups excluding carboxylic acids is 2. The number of rotatable bonds is 4. The Hall–Kier alpha value is -2.08. The minimum Gasteiger partial charge on any atom is -0.393 e. The number of hydrogen-bond acceptors (Lipinski definition) is 3. The lowest BCUT2D eigenvalue weighted by molar-refractivity contribution is -0.136. The maximum atomic E-state index is 12.3. The summed E-state index contributed by atoms with van der Waals surface area (Å²) < 4.78 is 0. The van der Waals surface area contributed by atoms with Crippen molar-refractivity contribution < 1.29 is 14.7 Å². The van der Waals surface area contributed by atoms with Gasteiger partial charge in [-0.25, -0.2) is 4.79 Å². The molecular weight excluding hydrogens is 294 g/mol. The molecule has 1 heterocycles. The largest absolute Gasteiger partial charge is 0.393 e. The molecule has 2 N–H and O–H groups in total. The van der Waals surface area contributed by atoms with Crippen molar-refractivity contribution in [3.05, 3.63) is 35.9 Å². The number of urea groups is 1. The first kappa shape index (κ1) is 15.8. The Kier molecular flexibility index (Phi) is 4.52. The second-order valence-corrected chi connectivity index (χ2v) is 6.41. The first-order chi connectivity index (χ1) is 11.0. The van der Waals surface area contributed by atoms with Crippen LogP contribution in [0, 0.1) is 0 Å². The number of carbonyl (C=O) groups is 2. The Labute approximate surface area is 136 Å². The number of likely N-dealkylation sites (N-methyl/N-ethyl adjacent to an activating group) is 1. The summed E-state index contributed by atoms with van der Waals surface area (Å²) in [5, 5.41) is 12.3. The number of benzene rings is 1. The summed E-state index contributed by atoms with van der Waals surface area (Å²) in [5.41, 5.74) is 1.09. The molecule has 3 rings (SSSR count). The van der Waals surface area contributed by atoms with E-state index >= 15 is 0 Å². The lowest BCUT2D eigenvalue weighted by atomic mass is 9.88. The van der Waals surface area contributed by atoms with E-state index in [-0.39, 0.29) is 36.7 Å². The van der Waals surface area contributed by atoms with Crippen LogP contribution in [-0.4, -0.2) is 59.1 Å². The molecule has 3 amide bonds. The van der Waals surface area contributed by atoms with Gasteiger partial charge in [0.15, 0.2) is 0 Å². The first-order valence-electron chi connectivity index (χ1n) is 8.08. The van der Waals surface area contributed by atoms with Crippen LogP contribution in [0.2, 0.25) is 0 Å². The second-order valence-electron chi connectivity index (χ2n) is 6.41. The van der Waals surface area contributed by atoms with Crippen molar-refractivity contribution in [2.75, 3.05) is 20.1 Å². The maximum absolute atomic E-state index is 12.3. The van der Waals surface area contributed by atoms with Gasteiger partial charge in [0, 0.05) is 19.6 Å². The number of amides is 3. The summed E-state index contributed by atoms with van der Waals surface area (Å²) in [6.07, 6.45) is 1.75. The van der Waals surface area contributed by atoms with E-state index in [1.807, 2.05) is 30.3 Å². The molecule has 23 heavy (non-hydrogen) atoms. The van der Waals surface area contributed by atoms with Crippen molar-refractivity contribution in [2.24, 2.45) is 0 Å². The molecule has 6 heteroatoms. The Bertz CT molecular complexity index is 572. The molecule has 2 fully saturated rings. The molecule has 6 nitrogen and oxygen atoms in total. The molecule has 1 unspecified atom stereocenters. The smallest absolute Gasteiger partial charge is 0.318 e. The Morgan fingerprint density at radius 3 is 2.65 bits per heavy atom. The van der Waals surface area contributed by atoms with Crippen LogP contribution in [0.1, 0.15) is 30.9 Å². The van der Waals surface area contributed by atoms with Gasteiger partial charge in [0.05, 0.1) is 12.1 Å². The molecule has 1 aliphatic carbocycles. The van der Waals surface area contributed by atoms with Gasteiger partial charge in [0.2, 0.25) is 5.91 Å². The molecule has 124 valence electrons. The van der Waals surface area contributed by atoms with Crippen LogP contribution in [-0.2, 0) is 4.79 Å². The third kappa shape index (κ3) is 3.47. The van der Waals surface area contributed by atoms with Crippen LogP contribution in [0.25, 0.3) is 0 Å². The molecule has 1 aliphatic heterocycles. The molecule has 1 aromatic carbocycles. The minimum absolute atomic E-state index is 0.00885. The van der Waals surface area contributed by atoms with E-state index in [1.165, 1.54) is 0 Å². The fraction of sp³-hybridized carbons (Fsp3) is 0.529. The van der Waals surface area contributed by atoms with Crippen LogP contribution in [0.3, 0.4) is 0 Å². The van der Waals surface area contributed by atoms with Gasteiger partial charge in [-0.3, -0.25) is 4.79 Å². The molecule has 1 saturated carbocycles. The van der Waals surface area contributed by atoms with Gasteiger partial charge in [0.25, 0.3) is 0 Å². The van der Waals surface area contributed by atoms with Gasteiger partial charge in [-0.05, 0) is 24.8 Å². The molecule has 0 radical (unpaired) electrons. The van der Waals surface area contributed by atoms with Crippen molar-refractivity contribution in [1.82, 2.24) is 15.1 Å². The fourth-order valence-electron chi connectivity index (χ4n) is 3.14. The highest BCUT2D eigenvalue weighted by atomic mass is 16.3.